The van der Waals surface area contributed by atoms with Crippen molar-refractivity contribution in [3.8, 4) is 17.2 Å². The molecule has 0 N–H and O–H groups in total. The van der Waals surface area contributed by atoms with Crippen LogP contribution in [0.1, 0.15) is 49.7 Å². The minimum Gasteiger partial charge on any atom is -0.482 e. The molecule has 1 saturated carbocycles. The van der Waals surface area contributed by atoms with E-state index < -0.39 is 17.9 Å². The van der Waals surface area contributed by atoms with Gasteiger partial charge in [-0.25, -0.2) is 14.4 Å². The zero-order valence-electron chi connectivity index (χ0n) is 21.4. The molecule has 0 radical (unpaired) electrons. The summed E-state index contributed by atoms with van der Waals surface area (Å²) in [7, 11) is 0. The summed E-state index contributed by atoms with van der Waals surface area (Å²) in [5.41, 5.74) is 2.16. The average molecular weight is 525 g/mol. The molecule has 0 bridgehead atoms. The molecule has 0 saturated heterocycles. The first kappa shape index (κ1) is 24.9. The molecule has 2 heterocycles. The standard InChI is InChI=1S/C32H28O7/c33-28(36-16-15-20-7-3-1-4-8-20)19-37-23-13-11-22(12-14-23)30-25-18-26-24(17-27(25)39-32(30)35)29(31(34)38-26)21-9-5-2-6-10-21/h2,5-6,9-14,17-18,20H,1,3-4,7-8,15-16,19H2. The van der Waals surface area contributed by atoms with E-state index in [1.165, 1.54) is 32.1 Å². The molecule has 1 aliphatic carbocycles. The third kappa shape index (κ3) is 5.17. The lowest BCUT2D eigenvalue weighted by Crippen LogP contribution is -2.17. The zero-order valence-corrected chi connectivity index (χ0v) is 21.4. The van der Waals surface area contributed by atoms with Crippen LogP contribution in [0.15, 0.2) is 66.7 Å². The Morgan fingerprint density at radius 1 is 0.769 bits per heavy atom. The van der Waals surface area contributed by atoms with Crippen LogP contribution in [0.3, 0.4) is 0 Å². The second kappa shape index (κ2) is 10.8. The molecule has 0 aromatic heterocycles. The molecule has 3 aromatic rings. The maximum Gasteiger partial charge on any atom is 0.344 e. The summed E-state index contributed by atoms with van der Waals surface area (Å²) in [6.45, 7) is 0.248. The number of carbonyl (C=O) groups is 3. The van der Waals surface area contributed by atoms with E-state index in [4.69, 9.17) is 18.9 Å². The third-order valence-corrected chi connectivity index (χ3v) is 7.51. The third-order valence-electron chi connectivity index (χ3n) is 7.51. The molecule has 0 atom stereocenters. The van der Waals surface area contributed by atoms with Gasteiger partial charge in [-0.05, 0) is 47.7 Å². The Bertz CT molecular complexity index is 1550. The van der Waals surface area contributed by atoms with Gasteiger partial charge in [0.05, 0.1) is 17.8 Å². The topological polar surface area (TPSA) is 88.1 Å². The summed E-state index contributed by atoms with van der Waals surface area (Å²) >= 11 is 0. The Balaban J connectivity index is 1.16. The molecule has 0 spiro atoms. The summed E-state index contributed by atoms with van der Waals surface area (Å²) in [5.74, 6) is 0.570. The Kier molecular flexibility index (Phi) is 6.88. The molecule has 1 fully saturated rings. The molecular weight excluding hydrogens is 496 g/mol. The van der Waals surface area contributed by atoms with E-state index in [-0.39, 0.29) is 6.61 Å². The lowest BCUT2D eigenvalue weighted by Gasteiger charge is -2.21. The Morgan fingerprint density at radius 3 is 1.97 bits per heavy atom. The van der Waals surface area contributed by atoms with Crippen LogP contribution in [-0.4, -0.2) is 31.1 Å². The van der Waals surface area contributed by atoms with Crippen molar-refractivity contribution < 1.29 is 33.3 Å². The van der Waals surface area contributed by atoms with Crippen molar-refractivity contribution in [3.63, 3.8) is 0 Å². The van der Waals surface area contributed by atoms with Crippen molar-refractivity contribution in [3.05, 3.63) is 88.3 Å². The Labute approximate surface area is 225 Å². The van der Waals surface area contributed by atoms with Crippen LogP contribution in [0.5, 0.6) is 17.2 Å². The molecule has 3 aliphatic rings. The van der Waals surface area contributed by atoms with Crippen LogP contribution in [0.4, 0.5) is 0 Å². The van der Waals surface area contributed by atoms with Crippen LogP contribution in [-0.2, 0) is 19.1 Å². The molecule has 0 unspecified atom stereocenters. The molecule has 6 rings (SSSR count). The van der Waals surface area contributed by atoms with Crippen LogP contribution in [0.25, 0.3) is 11.1 Å². The minimum absolute atomic E-state index is 0.177. The lowest BCUT2D eigenvalue weighted by atomic mass is 9.87. The van der Waals surface area contributed by atoms with E-state index in [0.29, 0.717) is 56.9 Å². The molecule has 7 nitrogen and oxygen atoms in total. The monoisotopic (exact) mass is 524 g/mol. The Morgan fingerprint density at radius 2 is 1.36 bits per heavy atom. The summed E-state index contributed by atoms with van der Waals surface area (Å²) in [4.78, 5) is 37.6. The zero-order chi connectivity index (χ0) is 26.8. The van der Waals surface area contributed by atoms with E-state index in [0.717, 1.165) is 12.0 Å². The highest BCUT2D eigenvalue weighted by molar-refractivity contribution is 6.21. The lowest BCUT2D eigenvalue weighted by molar-refractivity contribution is -0.146. The number of rotatable bonds is 8. The van der Waals surface area contributed by atoms with Crippen molar-refractivity contribution in [1.82, 2.24) is 0 Å². The number of ether oxygens (including phenoxy) is 4. The highest BCUT2D eigenvalue weighted by Gasteiger charge is 2.30. The van der Waals surface area contributed by atoms with Crippen molar-refractivity contribution in [2.75, 3.05) is 13.2 Å². The van der Waals surface area contributed by atoms with Gasteiger partial charge in [0.1, 0.15) is 17.2 Å². The molecule has 39 heavy (non-hydrogen) atoms. The molecule has 2 aliphatic heterocycles. The summed E-state index contributed by atoms with van der Waals surface area (Å²) in [5, 5.41) is 1.14. The highest BCUT2D eigenvalue weighted by atomic mass is 16.6. The number of benzene rings is 3. The summed E-state index contributed by atoms with van der Waals surface area (Å²) < 4.78 is 22.0. The van der Waals surface area contributed by atoms with Gasteiger partial charge in [0.2, 0.25) is 0 Å². The fourth-order valence-electron chi connectivity index (χ4n) is 5.51. The highest BCUT2D eigenvalue weighted by Crippen LogP contribution is 2.28. The summed E-state index contributed by atoms with van der Waals surface area (Å²) in [6.07, 6.45) is 7.19. The summed E-state index contributed by atoms with van der Waals surface area (Å²) in [6, 6.07) is 19.4. The van der Waals surface area contributed by atoms with Crippen molar-refractivity contribution >= 4 is 29.1 Å². The predicted molar refractivity (Wildman–Crippen MR) is 143 cm³/mol. The second-order valence-electron chi connectivity index (χ2n) is 10.1. The smallest absolute Gasteiger partial charge is 0.344 e. The molecule has 7 heteroatoms. The van der Waals surface area contributed by atoms with Gasteiger partial charge in [-0.15, -0.1) is 0 Å². The largest absolute Gasteiger partial charge is 0.482 e. The van der Waals surface area contributed by atoms with Crippen LogP contribution >= 0.6 is 0 Å². The van der Waals surface area contributed by atoms with Gasteiger partial charge < -0.3 is 18.9 Å². The SMILES string of the molecule is O=C(COc1ccc(C2=c3cc4c(cc3OC2=O)=C(c2ccccc2)C(=O)O4)cc1)OCCC1CCCCC1. The predicted octanol–water partition coefficient (Wildman–Crippen LogP) is 3.82. The molecule has 3 aromatic carbocycles. The minimum atomic E-state index is -0.489. The van der Waals surface area contributed by atoms with Crippen LogP contribution < -0.4 is 24.6 Å². The number of hydrogen-bond acceptors (Lipinski definition) is 7. The molecular formula is C32H28O7. The molecule has 0 amide bonds. The first-order chi connectivity index (χ1) is 19.1. The van der Waals surface area contributed by atoms with E-state index in [1.807, 2.05) is 30.3 Å². The fraction of sp³-hybridized carbons (Fsp3) is 0.281. The molecule has 198 valence electrons. The van der Waals surface area contributed by atoms with Gasteiger partial charge in [0.15, 0.2) is 6.61 Å². The first-order valence-corrected chi connectivity index (χ1v) is 13.4. The van der Waals surface area contributed by atoms with Gasteiger partial charge in [0.25, 0.3) is 0 Å². The van der Waals surface area contributed by atoms with E-state index in [1.54, 1.807) is 36.4 Å². The van der Waals surface area contributed by atoms with Gasteiger partial charge >= 0.3 is 17.9 Å². The maximum atomic E-state index is 12.8. The van der Waals surface area contributed by atoms with Crippen molar-refractivity contribution in [2.24, 2.45) is 5.92 Å². The van der Waals surface area contributed by atoms with Gasteiger partial charge in [-0.3, -0.25) is 0 Å². The second-order valence-corrected chi connectivity index (χ2v) is 10.1. The number of esters is 3. The van der Waals surface area contributed by atoms with Crippen molar-refractivity contribution in [2.45, 2.75) is 38.5 Å². The van der Waals surface area contributed by atoms with E-state index in [2.05, 4.69) is 0 Å². The van der Waals surface area contributed by atoms with Crippen LogP contribution in [0.2, 0.25) is 0 Å². The maximum absolute atomic E-state index is 12.8. The van der Waals surface area contributed by atoms with E-state index >= 15 is 0 Å². The normalized spacial score (nSPS) is 16.4. The van der Waals surface area contributed by atoms with Crippen LogP contribution in [0, 0.1) is 5.92 Å². The van der Waals surface area contributed by atoms with Gasteiger partial charge in [-0.1, -0.05) is 74.6 Å². The van der Waals surface area contributed by atoms with Gasteiger partial charge in [0, 0.05) is 10.4 Å². The van der Waals surface area contributed by atoms with Crippen molar-refractivity contribution in [1.29, 1.82) is 0 Å². The number of fused-ring (bicyclic) bond motifs is 2. The van der Waals surface area contributed by atoms with Gasteiger partial charge in [-0.2, -0.15) is 0 Å². The average Bonchev–Trinajstić information content (AvgIpc) is 3.45. The first-order valence-electron chi connectivity index (χ1n) is 13.4. The van der Waals surface area contributed by atoms with E-state index in [9.17, 15) is 14.4 Å². The Hall–Kier alpha value is -4.39. The fourth-order valence-corrected chi connectivity index (χ4v) is 5.51. The number of hydrogen-bond donors (Lipinski definition) is 0. The number of carbonyl (C=O) groups excluding carboxylic acids is 3. The quantitative estimate of drug-likeness (QED) is 0.327.